The molecule has 1 saturated heterocycles. The number of benzene rings is 2. The van der Waals surface area contributed by atoms with Gasteiger partial charge in [0, 0.05) is 42.1 Å². The first kappa shape index (κ1) is 21.4. The summed E-state index contributed by atoms with van der Waals surface area (Å²) in [5.74, 6) is 5.09. The highest BCUT2D eigenvalue weighted by atomic mass is 19.1. The Morgan fingerprint density at radius 1 is 1.25 bits per heavy atom. The predicted molar refractivity (Wildman–Crippen MR) is 121 cm³/mol. The van der Waals surface area contributed by atoms with Crippen molar-refractivity contribution in [1.29, 1.82) is 0 Å². The van der Waals surface area contributed by atoms with Gasteiger partial charge in [-0.15, -0.1) is 0 Å². The minimum Gasteiger partial charge on any atom is -0.396 e. The maximum absolute atomic E-state index is 13.5. The summed E-state index contributed by atoms with van der Waals surface area (Å²) in [5.41, 5.74) is 1.44. The zero-order chi connectivity index (χ0) is 22.7. The number of carbonyl (C=O) groups is 1. The largest absolute Gasteiger partial charge is 0.396 e. The lowest BCUT2D eigenvalue weighted by molar-refractivity contribution is 0.0782. The van der Waals surface area contributed by atoms with Gasteiger partial charge < -0.3 is 20.8 Å². The Balaban J connectivity index is 1.52. The van der Waals surface area contributed by atoms with Crippen LogP contribution in [-0.2, 0) is 0 Å². The standard InChI is InChI=1S/C23H22FN5O3/c24-17-3-6-20-16(9-17)10-19(22(31)27-20)21(28-25)11-26-18-4-1-15(2-5-18)23(32)29-8-7-14(12-29)13-30/h1-6,9-11,14,30H,7-8,12-13,25H2,(H,27,31). The summed E-state index contributed by atoms with van der Waals surface area (Å²) in [5, 5.41) is 13.4. The Morgan fingerprint density at radius 3 is 2.72 bits per heavy atom. The number of aromatic amines is 1. The van der Waals surface area contributed by atoms with E-state index in [1.807, 2.05) is 0 Å². The van der Waals surface area contributed by atoms with Crippen LogP contribution in [0.4, 0.5) is 10.1 Å². The maximum atomic E-state index is 13.5. The van der Waals surface area contributed by atoms with Crippen molar-refractivity contribution < 1.29 is 14.3 Å². The molecule has 0 aliphatic carbocycles. The van der Waals surface area contributed by atoms with Crippen molar-refractivity contribution in [3.63, 3.8) is 0 Å². The zero-order valence-electron chi connectivity index (χ0n) is 17.2. The van der Waals surface area contributed by atoms with E-state index in [2.05, 4.69) is 15.1 Å². The molecule has 0 saturated carbocycles. The topological polar surface area (TPSA) is 124 Å². The van der Waals surface area contributed by atoms with E-state index in [0.29, 0.717) is 35.2 Å². The summed E-state index contributed by atoms with van der Waals surface area (Å²) in [6.45, 7) is 1.26. The van der Waals surface area contributed by atoms with E-state index in [1.165, 1.54) is 30.5 Å². The van der Waals surface area contributed by atoms with E-state index in [-0.39, 0.29) is 29.7 Å². The Morgan fingerprint density at radius 2 is 2.03 bits per heavy atom. The fourth-order valence-corrected chi connectivity index (χ4v) is 3.71. The monoisotopic (exact) mass is 435 g/mol. The van der Waals surface area contributed by atoms with Gasteiger partial charge in [0.2, 0.25) is 0 Å². The average molecular weight is 435 g/mol. The molecule has 1 aliphatic heterocycles. The molecule has 164 valence electrons. The highest BCUT2D eigenvalue weighted by molar-refractivity contribution is 6.38. The summed E-state index contributed by atoms with van der Waals surface area (Å²) in [4.78, 5) is 33.7. The maximum Gasteiger partial charge on any atom is 0.258 e. The van der Waals surface area contributed by atoms with Gasteiger partial charge in [0.1, 0.15) is 11.5 Å². The molecule has 1 amide bonds. The Hall–Kier alpha value is -3.85. The molecule has 2 aromatic carbocycles. The van der Waals surface area contributed by atoms with Crippen molar-refractivity contribution in [3.8, 4) is 0 Å². The average Bonchev–Trinajstić information content (AvgIpc) is 3.29. The number of likely N-dealkylation sites (tertiary alicyclic amines) is 1. The van der Waals surface area contributed by atoms with Crippen molar-refractivity contribution in [3.05, 3.63) is 75.8 Å². The molecular weight excluding hydrogens is 413 g/mol. The number of nitrogens with one attached hydrogen (secondary N) is 1. The van der Waals surface area contributed by atoms with Gasteiger partial charge in [-0.05, 0) is 55.0 Å². The molecule has 0 radical (unpaired) electrons. The number of carbonyl (C=O) groups excluding carboxylic acids is 1. The number of rotatable bonds is 5. The minimum absolute atomic E-state index is 0.0808. The predicted octanol–water partition coefficient (Wildman–Crippen LogP) is 2.19. The molecule has 32 heavy (non-hydrogen) atoms. The lowest BCUT2D eigenvalue weighted by atomic mass is 10.1. The molecule has 2 heterocycles. The first-order valence-electron chi connectivity index (χ1n) is 10.1. The number of H-pyrrole nitrogens is 1. The molecule has 1 unspecified atom stereocenters. The van der Waals surface area contributed by atoms with Gasteiger partial charge in [-0.3, -0.25) is 14.6 Å². The van der Waals surface area contributed by atoms with Gasteiger partial charge in [0.15, 0.2) is 0 Å². The van der Waals surface area contributed by atoms with Crippen LogP contribution in [0.25, 0.3) is 10.9 Å². The van der Waals surface area contributed by atoms with Crippen LogP contribution in [0.3, 0.4) is 0 Å². The lowest BCUT2D eigenvalue weighted by Gasteiger charge is -2.16. The van der Waals surface area contributed by atoms with Crippen LogP contribution in [-0.4, -0.2) is 52.5 Å². The molecule has 9 heteroatoms. The van der Waals surface area contributed by atoms with Gasteiger partial charge in [-0.1, -0.05) is 0 Å². The zero-order valence-corrected chi connectivity index (χ0v) is 17.2. The van der Waals surface area contributed by atoms with Crippen molar-refractivity contribution in [1.82, 2.24) is 9.88 Å². The molecule has 4 rings (SSSR count). The number of pyridine rings is 1. The number of nitrogens with two attached hydrogens (primary N) is 1. The molecule has 8 nitrogen and oxygen atoms in total. The molecule has 1 aromatic heterocycles. The summed E-state index contributed by atoms with van der Waals surface area (Å²) < 4.78 is 13.5. The lowest BCUT2D eigenvalue weighted by Crippen LogP contribution is -2.29. The Bertz CT molecular complexity index is 1270. The van der Waals surface area contributed by atoms with Gasteiger partial charge in [0.05, 0.1) is 17.5 Å². The molecule has 4 N–H and O–H groups in total. The van der Waals surface area contributed by atoms with Crippen LogP contribution in [0.15, 0.2) is 63.4 Å². The second-order valence-electron chi connectivity index (χ2n) is 7.65. The number of fused-ring (bicyclic) bond motifs is 1. The number of halogens is 1. The number of hydrazone groups is 1. The highest BCUT2D eigenvalue weighted by Crippen LogP contribution is 2.20. The van der Waals surface area contributed by atoms with E-state index in [1.54, 1.807) is 29.2 Å². The number of aliphatic imine (C=N–C) groups is 1. The third-order valence-corrected chi connectivity index (χ3v) is 5.50. The quantitative estimate of drug-likeness (QED) is 0.323. The number of aliphatic hydroxyl groups excluding tert-OH is 1. The Kier molecular flexibility index (Phi) is 6.09. The van der Waals surface area contributed by atoms with E-state index in [0.717, 1.165) is 6.42 Å². The molecule has 1 fully saturated rings. The Labute approximate surface area is 182 Å². The van der Waals surface area contributed by atoms with Gasteiger partial charge in [0.25, 0.3) is 11.5 Å². The van der Waals surface area contributed by atoms with Crippen LogP contribution in [0.5, 0.6) is 0 Å². The van der Waals surface area contributed by atoms with E-state index in [9.17, 15) is 19.1 Å². The second-order valence-corrected chi connectivity index (χ2v) is 7.65. The van der Waals surface area contributed by atoms with E-state index < -0.39 is 11.4 Å². The number of aliphatic hydroxyl groups is 1. The molecule has 0 spiro atoms. The second kappa shape index (κ2) is 9.11. The molecule has 1 atom stereocenters. The fraction of sp³-hybridized carbons (Fsp3) is 0.217. The molecule has 1 aliphatic rings. The molecular formula is C23H22FN5O3. The van der Waals surface area contributed by atoms with Crippen molar-refractivity contribution >= 4 is 34.4 Å². The fourth-order valence-electron chi connectivity index (χ4n) is 3.71. The number of hydrogen-bond acceptors (Lipinski definition) is 6. The van der Waals surface area contributed by atoms with E-state index in [4.69, 9.17) is 5.84 Å². The molecule has 0 bridgehead atoms. The SMILES string of the molecule is NN=C(C=Nc1ccc(C(=O)N2CCC(CO)C2)cc1)c1cc2cc(F)ccc2[nH]c1=O. The third kappa shape index (κ3) is 4.42. The normalized spacial score (nSPS) is 16.9. The van der Waals surface area contributed by atoms with Gasteiger partial charge in [-0.25, -0.2) is 4.39 Å². The van der Waals surface area contributed by atoms with Crippen molar-refractivity contribution in [2.45, 2.75) is 6.42 Å². The highest BCUT2D eigenvalue weighted by Gasteiger charge is 2.26. The summed E-state index contributed by atoms with van der Waals surface area (Å²) in [6.07, 6.45) is 2.14. The summed E-state index contributed by atoms with van der Waals surface area (Å²) in [7, 11) is 0. The number of amides is 1. The number of hydrogen-bond donors (Lipinski definition) is 3. The minimum atomic E-state index is -0.425. The first-order chi connectivity index (χ1) is 15.5. The van der Waals surface area contributed by atoms with E-state index >= 15 is 0 Å². The van der Waals surface area contributed by atoms with Crippen LogP contribution in [0.1, 0.15) is 22.3 Å². The van der Waals surface area contributed by atoms with Gasteiger partial charge in [-0.2, -0.15) is 5.10 Å². The smallest absolute Gasteiger partial charge is 0.258 e. The first-order valence-corrected chi connectivity index (χ1v) is 10.1. The van der Waals surface area contributed by atoms with Crippen LogP contribution in [0.2, 0.25) is 0 Å². The summed E-state index contributed by atoms with van der Waals surface area (Å²) in [6, 6.07) is 12.3. The van der Waals surface area contributed by atoms with Gasteiger partial charge >= 0.3 is 0 Å². The summed E-state index contributed by atoms with van der Waals surface area (Å²) >= 11 is 0. The van der Waals surface area contributed by atoms with Crippen molar-refractivity contribution in [2.24, 2.45) is 21.9 Å². The third-order valence-electron chi connectivity index (χ3n) is 5.50. The number of nitrogens with zero attached hydrogens (tertiary/aromatic N) is 3. The van der Waals surface area contributed by atoms with Crippen LogP contribution >= 0.6 is 0 Å². The van der Waals surface area contributed by atoms with Crippen LogP contribution in [0, 0.1) is 11.7 Å². The number of aromatic nitrogens is 1. The molecule has 3 aromatic rings. The van der Waals surface area contributed by atoms with Crippen molar-refractivity contribution in [2.75, 3.05) is 19.7 Å². The van der Waals surface area contributed by atoms with Crippen LogP contribution < -0.4 is 11.4 Å².